The van der Waals surface area contributed by atoms with Crippen molar-refractivity contribution in [2.45, 2.75) is 175 Å². The normalized spacial score (nSPS) is 26.1. The van der Waals surface area contributed by atoms with Crippen molar-refractivity contribution in [3.63, 3.8) is 0 Å². The fourth-order valence-electron chi connectivity index (χ4n) is 11.3. The Morgan fingerprint density at radius 2 is 1.11 bits per heavy atom. The molecule has 4 fully saturated rings. The van der Waals surface area contributed by atoms with E-state index in [1.807, 2.05) is 0 Å². The molecule has 2 aromatic rings. The zero-order valence-electron chi connectivity index (χ0n) is 57.8. The molecule has 0 aliphatic carbocycles. The number of guanidine groups is 1. The van der Waals surface area contributed by atoms with Gasteiger partial charge in [0.15, 0.2) is 5.96 Å². The van der Waals surface area contributed by atoms with E-state index in [4.69, 9.17) is 28.7 Å². The van der Waals surface area contributed by atoms with Gasteiger partial charge in [0.1, 0.15) is 78.5 Å². The van der Waals surface area contributed by atoms with Gasteiger partial charge in [-0.1, -0.05) is 43.2 Å². The molecule has 4 saturated heterocycles. The van der Waals surface area contributed by atoms with Crippen molar-refractivity contribution in [2.24, 2.45) is 33.7 Å². The minimum absolute atomic E-state index is 0.00686. The van der Waals surface area contributed by atoms with E-state index in [2.05, 4.69) is 83.4 Å². The van der Waals surface area contributed by atoms with Gasteiger partial charge in [0, 0.05) is 92.1 Å². The third-order valence-electron chi connectivity index (χ3n) is 17.0. The van der Waals surface area contributed by atoms with Crippen molar-refractivity contribution in [1.82, 2.24) is 88.2 Å². The maximum atomic E-state index is 14.9. The molecule has 47 heteroatoms. The van der Waals surface area contributed by atoms with Crippen LogP contribution in [-0.4, -0.2) is 285 Å². The highest BCUT2D eigenvalue weighted by Crippen LogP contribution is 2.29. The SMILES string of the molecule is C[C@@H]1NC(=O)[C@@H]2CSSC[C@H](NC(=O)[C@@H](N)CCC(N)=O)C(=O)N[C@@H](CSSC[C@@H](C(=O)N[C@@H](CCCN=C(N)N)C(=O)O)NC(=O)[C@H](Cc3cnc[nH]3)NC(=O)[C@H](CCC(=O)O)NC(=O)[C@H](Cc3cnc[nH]3)NC1=O)C(=O)N[C@@H](CO)C(=O)N[C@@H](CC(N)=O)C(=O)N1CCC[C@H]1C(=O)N1CCC[C@H]1C(=O)N2. The predicted molar refractivity (Wildman–Crippen MR) is 383 cm³/mol. The lowest BCUT2D eigenvalue weighted by Gasteiger charge is -2.33. The van der Waals surface area contributed by atoms with E-state index in [0.29, 0.717) is 21.6 Å². The molecule has 26 N–H and O–H groups in total. The molecule has 0 aromatic carbocycles. The molecule has 0 spiro atoms. The van der Waals surface area contributed by atoms with Gasteiger partial charge in [-0.15, -0.1) is 0 Å². The number of imidazole rings is 2. The second-order valence-corrected chi connectivity index (χ2v) is 30.2. The van der Waals surface area contributed by atoms with E-state index in [1.165, 1.54) is 36.9 Å². The number of aliphatic imine (C=N–C) groups is 1. The number of fused-ring (bicyclic) bond motifs is 10. The van der Waals surface area contributed by atoms with Gasteiger partial charge in [-0.2, -0.15) is 0 Å². The first-order valence-corrected chi connectivity index (χ1v) is 38.6. The van der Waals surface area contributed by atoms with Gasteiger partial charge < -0.3 is 122 Å². The summed E-state index contributed by atoms with van der Waals surface area (Å²) in [5.74, 6) is -21.6. The Morgan fingerprint density at radius 3 is 1.68 bits per heavy atom. The topological polar surface area (TPSA) is 690 Å². The molecule has 14 atom stereocenters. The molecule has 43 nitrogen and oxygen atoms in total. The number of carbonyl (C=O) groups is 17. The minimum Gasteiger partial charge on any atom is -0.481 e. The number of aliphatic hydroxyl groups is 1. The van der Waals surface area contributed by atoms with Crippen molar-refractivity contribution in [2.75, 3.05) is 49.3 Å². The highest BCUT2D eigenvalue weighted by Gasteiger charge is 2.46. The zero-order valence-corrected chi connectivity index (χ0v) is 61.0. The number of H-pyrrole nitrogens is 2. The van der Waals surface area contributed by atoms with E-state index in [0.717, 1.165) is 26.5 Å². The van der Waals surface area contributed by atoms with Gasteiger partial charge >= 0.3 is 11.9 Å². The summed E-state index contributed by atoms with van der Waals surface area (Å²) in [4.78, 5) is 258. The number of carboxylic acid groups (broad SMARTS) is 2. The molecular weight excluding hydrogens is 1490 g/mol. The van der Waals surface area contributed by atoms with Crippen LogP contribution in [0.5, 0.6) is 0 Å². The zero-order chi connectivity index (χ0) is 78.6. The molecule has 4 aliphatic heterocycles. The summed E-state index contributed by atoms with van der Waals surface area (Å²) in [6.07, 6.45) is 1.31. The Hall–Kier alpha value is -10.00. The number of carbonyl (C=O) groups excluding carboxylic acids is 15. The first-order chi connectivity index (χ1) is 50.8. The summed E-state index contributed by atoms with van der Waals surface area (Å²) < 4.78 is 0. The maximum Gasteiger partial charge on any atom is 0.326 e. The average Bonchev–Trinajstić information content (AvgIpc) is 1.69. The molecule has 2 aromatic heterocycles. The first kappa shape index (κ1) is 85.9. The number of aliphatic hydroxyl groups excluding tert-OH is 1. The fraction of sp³-hybridized carbons (Fsp3) is 0.600. The number of aliphatic carboxylic acids is 2. The van der Waals surface area contributed by atoms with Gasteiger partial charge in [-0.25, -0.2) is 14.8 Å². The van der Waals surface area contributed by atoms with Gasteiger partial charge in [0.05, 0.1) is 31.7 Å². The molecule has 107 heavy (non-hydrogen) atoms. The molecule has 4 aliphatic rings. The van der Waals surface area contributed by atoms with Crippen molar-refractivity contribution >= 4 is 150 Å². The van der Waals surface area contributed by atoms with Gasteiger partial charge in [0.25, 0.3) is 0 Å². The van der Waals surface area contributed by atoms with Crippen LogP contribution in [0.1, 0.15) is 88.9 Å². The van der Waals surface area contributed by atoms with Crippen molar-refractivity contribution in [3.05, 3.63) is 36.4 Å². The van der Waals surface area contributed by atoms with E-state index >= 15 is 0 Å². The van der Waals surface area contributed by atoms with Crippen LogP contribution < -0.4 is 87.2 Å². The minimum atomic E-state index is -2.02. The molecule has 0 unspecified atom stereocenters. The van der Waals surface area contributed by atoms with E-state index in [1.54, 1.807) is 0 Å². The van der Waals surface area contributed by atoms with Crippen LogP contribution in [0.4, 0.5) is 0 Å². The number of hydrogen-bond acceptors (Lipinski definition) is 26. The summed E-state index contributed by atoms with van der Waals surface area (Å²) in [6.45, 7) is -0.260. The number of hydrogen-bond donors (Lipinski definition) is 21. The number of amides is 15. The Kier molecular flexibility index (Phi) is 34.0. The number of carboxylic acids is 2. The van der Waals surface area contributed by atoms with E-state index in [-0.39, 0.29) is 81.9 Å². The van der Waals surface area contributed by atoms with Gasteiger partial charge in [-0.05, 0) is 58.3 Å². The number of primary amides is 2. The van der Waals surface area contributed by atoms with Crippen LogP contribution in [0.25, 0.3) is 0 Å². The van der Waals surface area contributed by atoms with Gasteiger partial charge in [0.2, 0.25) is 88.6 Å². The Morgan fingerprint density at radius 1 is 0.589 bits per heavy atom. The number of nitrogens with one attached hydrogen (secondary N) is 13. The molecule has 588 valence electrons. The Labute approximate surface area is 626 Å². The molecule has 15 amide bonds. The van der Waals surface area contributed by atoms with Crippen molar-refractivity contribution in [3.8, 4) is 0 Å². The highest BCUT2D eigenvalue weighted by atomic mass is 33.1. The number of aromatic nitrogens is 4. The molecule has 6 heterocycles. The number of nitrogens with zero attached hydrogens (tertiary/aromatic N) is 5. The van der Waals surface area contributed by atoms with Gasteiger partial charge in [-0.3, -0.25) is 81.7 Å². The smallest absolute Gasteiger partial charge is 0.326 e. The van der Waals surface area contributed by atoms with Crippen LogP contribution in [0.15, 0.2) is 30.0 Å². The fourth-order valence-corrected chi connectivity index (χ4v) is 15.9. The van der Waals surface area contributed by atoms with Crippen LogP contribution in [-0.2, 0) is 94.3 Å². The van der Waals surface area contributed by atoms with Crippen molar-refractivity contribution in [1.29, 1.82) is 0 Å². The predicted octanol–water partition coefficient (Wildman–Crippen LogP) is -9.49. The number of aromatic amines is 2. The van der Waals surface area contributed by atoms with E-state index in [9.17, 15) is 96.8 Å². The number of nitrogens with two attached hydrogens (primary N) is 5. The summed E-state index contributed by atoms with van der Waals surface area (Å²) in [5.41, 5.74) is 28.4. The summed E-state index contributed by atoms with van der Waals surface area (Å²) in [5, 5.41) is 57.9. The Balaban J connectivity index is 1.51. The average molecular weight is 1580 g/mol. The molecule has 2 bridgehead atoms. The molecular formula is C60H89N23O20S4. The summed E-state index contributed by atoms with van der Waals surface area (Å²) >= 11 is 0. The largest absolute Gasteiger partial charge is 0.481 e. The van der Waals surface area contributed by atoms with Crippen LogP contribution in [0, 0.1) is 0 Å². The molecule has 6 rings (SSSR count). The molecule has 0 radical (unpaired) electrons. The first-order valence-electron chi connectivity index (χ1n) is 33.7. The Bertz CT molecular complexity index is 3580. The summed E-state index contributed by atoms with van der Waals surface area (Å²) in [7, 11) is 3.00. The third kappa shape index (κ3) is 27.1. The third-order valence-corrected chi connectivity index (χ3v) is 21.8. The monoisotopic (exact) mass is 1580 g/mol. The van der Waals surface area contributed by atoms with E-state index < -0.39 is 253 Å². The van der Waals surface area contributed by atoms with Crippen LogP contribution in [0.3, 0.4) is 0 Å². The lowest BCUT2D eigenvalue weighted by molar-refractivity contribution is -0.148. The van der Waals surface area contributed by atoms with Crippen LogP contribution in [0.2, 0.25) is 0 Å². The highest BCUT2D eigenvalue weighted by molar-refractivity contribution is 8.77. The quantitative estimate of drug-likeness (QED) is 0.0225. The lowest BCUT2D eigenvalue weighted by atomic mass is 10.1. The summed E-state index contributed by atoms with van der Waals surface area (Å²) in [6, 6.07) is -23.7. The number of rotatable bonds is 22. The van der Waals surface area contributed by atoms with Crippen LogP contribution >= 0.6 is 43.2 Å². The second kappa shape index (κ2) is 42.4. The standard InChI is InChI=1S/C60H89N23O20S4/c1-27-46(89)74-33(15-28-18-66-25-69-28)49(92)72-31(9-11-45(87)88)48(91)75-34(16-29-19-67-26-70-29)50(93)79-39(53(96)73-32(59(102)103)5-2-12-68-60(64)65)23-106-107-24-40-54(97)77-36(20-84)51(94)76-35(17-44(63)86)57(100)83-14-4-7-42(83)58(101)82-13-3-6-41(82)56(99)81-37(52(95)71-27)21-104-105-22-38(55(98)80-40)78-47(90)30(61)8-10-43(62)85/h18-19,25-27,30-42,84H,2-17,20-24,61H2,1H3,(H2,62,85)(H2,63,86)(H,66,69)(H,67,70)(H,71,95)(H,72,92)(H,73,96)(H,74,89)(H,75,91)(H,76,94)(H,77,97)(H,78,90)(H,79,93)(H,80,98)(H,81,99)(H,87,88)(H,102,103)(H4,64,65,68)/t27-,30-,31-,32-,33-,34-,35-,36-,37-,38-,39-,40-,41-,42-/m0/s1. The lowest BCUT2D eigenvalue weighted by Crippen LogP contribution is -2.61. The molecule has 0 saturated carbocycles. The second-order valence-electron chi connectivity index (χ2n) is 25.1. The van der Waals surface area contributed by atoms with Crippen molar-refractivity contribution < 1.29 is 96.8 Å². The maximum absolute atomic E-state index is 14.9.